The number of ether oxygens (including phenoxy) is 8. The van der Waals surface area contributed by atoms with E-state index in [4.69, 9.17) is 37.9 Å². The number of esters is 2. The van der Waals surface area contributed by atoms with Gasteiger partial charge in [-0.2, -0.15) is 0 Å². The van der Waals surface area contributed by atoms with Gasteiger partial charge in [0.05, 0.1) is 32.5 Å². The molecule has 1 aromatic carbocycles. The number of aliphatic hydroxyl groups excluding tert-OH is 9. The molecule has 5 aliphatic carbocycles. The molecule has 9 rings (SSSR count). The van der Waals surface area contributed by atoms with Crippen molar-refractivity contribution >= 4 is 24.0 Å². The molecule has 0 amide bonds. The lowest BCUT2D eigenvalue weighted by molar-refractivity contribution is -0.374. The number of benzene rings is 1. The van der Waals surface area contributed by atoms with Crippen molar-refractivity contribution < 1.29 is 108 Å². The Kier molecular flexibility index (Phi) is 16.4. The highest BCUT2D eigenvalue weighted by Crippen LogP contribution is 2.76. The molecule has 0 radical (unpaired) electrons. The van der Waals surface area contributed by atoms with Crippen LogP contribution >= 0.6 is 0 Å². The highest BCUT2D eigenvalue weighted by atomic mass is 16.8. The number of aliphatic hydroxyl groups is 9. The molecule has 22 heteroatoms. The normalized spacial score (nSPS) is 46.3. The summed E-state index contributed by atoms with van der Waals surface area (Å²) < 4.78 is 46.9. The molecular formula is C57H82O22. The second kappa shape index (κ2) is 21.7. The highest BCUT2D eigenvalue weighted by Gasteiger charge is 2.72. The van der Waals surface area contributed by atoms with Crippen LogP contribution in [0.2, 0.25) is 0 Å². The Morgan fingerprint density at radius 3 is 2.15 bits per heavy atom. The molecule has 3 aliphatic heterocycles. The molecule has 22 nitrogen and oxygen atoms in total. The Morgan fingerprint density at radius 2 is 1.47 bits per heavy atom. The lowest BCUT2D eigenvalue weighted by Gasteiger charge is -2.71. The van der Waals surface area contributed by atoms with Gasteiger partial charge in [-0.1, -0.05) is 66.2 Å². The van der Waals surface area contributed by atoms with Gasteiger partial charge in [-0.25, -0.2) is 9.59 Å². The van der Waals surface area contributed by atoms with Gasteiger partial charge in [-0.3, -0.25) is 4.79 Å². The number of carbonyl (C=O) groups is 3. The van der Waals surface area contributed by atoms with Crippen LogP contribution < -0.4 is 4.74 Å². The fourth-order valence-corrected chi connectivity index (χ4v) is 16.1. The van der Waals surface area contributed by atoms with E-state index in [0.29, 0.717) is 44.1 Å². The Balaban J connectivity index is 0.961. The number of allylic oxidation sites excluding steroid dienone is 2. The molecule has 442 valence electrons. The maximum absolute atomic E-state index is 15.2. The molecule has 0 spiro atoms. The van der Waals surface area contributed by atoms with Gasteiger partial charge in [0.25, 0.3) is 0 Å². The first-order valence-electron chi connectivity index (χ1n) is 27.7. The number of phenols is 1. The summed E-state index contributed by atoms with van der Waals surface area (Å²) in [5.74, 6) is -3.64. The Labute approximate surface area is 459 Å². The fraction of sp³-hybridized carbons (Fsp3) is 0.772. The maximum atomic E-state index is 15.2. The van der Waals surface area contributed by atoms with Crippen LogP contribution in [0.4, 0.5) is 0 Å². The Hall–Kier alpha value is -3.85. The predicted molar refractivity (Wildman–Crippen MR) is 274 cm³/mol. The molecule has 0 bridgehead atoms. The van der Waals surface area contributed by atoms with E-state index in [1.54, 1.807) is 0 Å². The highest BCUT2D eigenvalue weighted by molar-refractivity contribution is 5.87. The minimum Gasteiger partial charge on any atom is -0.504 e. The summed E-state index contributed by atoms with van der Waals surface area (Å²) in [6, 6.07) is 4.42. The third-order valence-electron chi connectivity index (χ3n) is 20.8. The summed E-state index contributed by atoms with van der Waals surface area (Å²) >= 11 is 0. The van der Waals surface area contributed by atoms with Crippen molar-refractivity contribution in [2.24, 2.45) is 50.2 Å². The van der Waals surface area contributed by atoms with E-state index < -0.39 is 157 Å². The van der Waals surface area contributed by atoms with Gasteiger partial charge in [0.15, 0.2) is 36.3 Å². The molecule has 8 aliphatic rings. The first-order valence-corrected chi connectivity index (χ1v) is 27.7. The molecule has 79 heavy (non-hydrogen) atoms. The zero-order chi connectivity index (χ0) is 57.7. The monoisotopic (exact) mass is 1120 g/mol. The SMILES string of the molecule is COc1cc(/C=C/C(=O)O[C@@H]2[C@H](OC(=O)[C@@]34CCC(C)(C)C[C@@H]3C3=CC[C@H]5[C@]6(C)CC[C@@H](O[C@H]7O[C@@H](C(=O)O)[C@@H](O)[C@H](O)[C@@H]7O[C@H]7O[C@H](CO)[C@H](O)[C@H](O)[C@H]7O)C(C)(C)[C@H]6CC[C@]5(C)[C@@]3(C)C[C@H]4O)OC[C@H](O)[C@H]2O)ccc1O. The number of rotatable bonds is 12. The topological polar surface area (TPSA) is 348 Å². The summed E-state index contributed by atoms with van der Waals surface area (Å²) in [6.45, 7) is 14.1. The van der Waals surface area contributed by atoms with Crippen LogP contribution in [0.3, 0.4) is 0 Å². The van der Waals surface area contributed by atoms with E-state index in [1.807, 2.05) is 0 Å². The van der Waals surface area contributed by atoms with Crippen molar-refractivity contribution in [3.8, 4) is 11.5 Å². The summed E-state index contributed by atoms with van der Waals surface area (Å²) in [6.07, 6.45) is -16.5. The first-order chi connectivity index (χ1) is 37.0. The van der Waals surface area contributed by atoms with Gasteiger partial charge < -0.3 is 94.1 Å². The number of methoxy groups -OCH3 is 1. The molecule has 23 atom stereocenters. The van der Waals surface area contributed by atoms with Gasteiger partial charge >= 0.3 is 17.9 Å². The molecule has 1 aromatic rings. The molecule has 11 N–H and O–H groups in total. The maximum Gasteiger partial charge on any atom is 0.335 e. The van der Waals surface area contributed by atoms with Gasteiger partial charge in [0, 0.05) is 6.08 Å². The van der Waals surface area contributed by atoms with Crippen molar-refractivity contribution in [2.75, 3.05) is 20.3 Å². The van der Waals surface area contributed by atoms with Crippen LogP contribution in [0.1, 0.15) is 112 Å². The number of hydrogen-bond donors (Lipinski definition) is 11. The van der Waals surface area contributed by atoms with Crippen molar-refractivity contribution in [2.45, 2.75) is 204 Å². The van der Waals surface area contributed by atoms with Crippen LogP contribution in [0.15, 0.2) is 35.9 Å². The zero-order valence-corrected chi connectivity index (χ0v) is 46.1. The Morgan fingerprint density at radius 1 is 0.747 bits per heavy atom. The predicted octanol–water partition coefficient (Wildman–Crippen LogP) is 1.82. The van der Waals surface area contributed by atoms with Gasteiger partial charge in [-0.15, -0.1) is 0 Å². The quantitative estimate of drug-likeness (QED) is 0.0615. The van der Waals surface area contributed by atoms with E-state index in [1.165, 1.54) is 31.4 Å². The number of carbonyl (C=O) groups excluding carboxylic acids is 2. The zero-order valence-electron chi connectivity index (χ0n) is 46.1. The van der Waals surface area contributed by atoms with Crippen LogP contribution in [0, 0.1) is 50.2 Å². The van der Waals surface area contributed by atoms with E-state index in [-0.39, 0.29) is 47.0 Å². The van der Waals surface area contributed by atoms with Gasteiger partial charge in [0.1, 0.15) is 60.4 Å². The van der Waals surface area contributed by atoms with E-state index >= 15 is 4.79 Å². The second-order valence-corrected chi connectivity index (χ2v) is 25.8. The standard InChI is InChI=1S/C57H82O22/c1-52(2)19-20-57(51(71)79-49-45(38(63)30(60)25-73-49)76-37(62)14-10-26-9-12-29(59)31(21-26)72-8)28(22-52)27-11-13-34-54(5)17-16-36(53(3,4)33(54)15-18-55(34,6)56(27,7)23-35(57)61)75-50-46(42(67)41(66)44(77-50)47(69)70)78-48-43(68)40(65)39(64)32(24-58)74-48/h9-12,14,21,28,30,32-36,38-46,48-50,58-61,63-68H,13,15-20,22-25H2,1-8H3,(H,69,70)/b14-10+/t28-,30+,32-,33-,34+,35-,36-,38-,39+,40+,41+,42+,43-,44-,45+,46+,48-,49+,50+,54-,55+,56+,57+/m1/s1. The molecule has 0 aromatic heterocycles. The van der Waals surface area contributed by atoms with Crippen molar-refractivity contribution in [1.29, 1.82) is 0 Å². The summed E-state index contributed by atoms with van der Waals surface area (Å²) in [7, 11) is 1.38. The summed E-state index contributed by atoms with van der Waals surface area (Å²) in [5.41, 5.74) is -2.17. The number of hydrogen-bond acceptors (Lipinski definition) is 21. The van der Waals surface area contributed by atoms with Crippen molar-refractivity contribution in [3.05, 3.63) is 41.5 Å². The first kappa shape index (κ1) is 59.8. The second-order valence-electron chi connectivity index (χ2n) is 25.8. The number of carboxylic acid groups (broad SMARTS) is 1. The lowest BCUT2D eigenvalue weighted by atomic mass is 9.33. The minimum atomic E-state index is -2.01. The molecule has 3 saturated heterocycles. The van der Waals surface area contributed by atoms with E-state index in [9.17, 15) is 65.8 Å². The largest absolute Gasteiger partial charge is 0.504 e. The third-order valence-corrected chi connectivity index (χ3v) is 20.8. The summed E-state index contributed by atoms with van der Waals surface area (Å²) in [4.78, 5) is 40.9. The van der Waals surface area contributed by atoms with Crippen LogP contribution in [-0.4, -0.2) is 193 Å². The van der Waals surface area contributed by atoms with Crippen LogP contribution in [-0.2, 0) is 47.5 Å². The lowest BCUT2D eigenvalue weighted by Crippen LogP contribution is -2.68. The Bertz CT molecular complexity index is 2500. The molecule has 4 saturated carbocycles. The average Bonchev–Trinajstić information content (AvgIpc) is 3.51. The molecule has 0 unspecified atom stereocenters. The summed E-state index contributed by atoms with van der Waals surface area (Å²) in [5, 5.41) is 119. The van der Waals surface area contributed by atoms with E-state index in [2.05, 4.69) is 54.5 Å². The number of aliphatic carboxylic acids is 1. The number of aromatic hydroxyl groups is 1. The smallest absolute Gasteiger partial charge is 0.335 e. The number of fused-ring (bicyclic) bond motifs is 7. The van der Waals surface area contributed by atoms with Crippen LogP contribution in [0.5, 0.6) is 11.5 Å². The van der Waals surface area contributed by atoms with Gasteiger partial charge in [-0.05, 0) is 126 Å². The minimum absolute atomic E-state index is 0.0102. The van der Waals surface area contributed by atoms with Crippen LogP contribution in [0.25, 0.3) is 6.08 Å². The molecule has 3 heterocycles. The van der Waals surface area contributed by atoms with Crippen molar-refractivity contribution in [1.82, 2.24) is 0 Å². The average molecular weight is 1120 g/mol. The van der Waals surface area contributed by atoms with Crippen molar-refractivity contribution in [3.63, 3.8) is 0 Å². The third kappa shape index (κ3) is 10.0. The van der Waals surface area contributed by atoms with Gasteiger partial charge in [0.2, 0.25) is 6.29 Å². The molecule has 7 fully saturated rings. The molecular weight excluding hydrogens is 1040 g/mol. The fourth-order valence-electron chi connectivity index (χ4n) is 16.1. The number of carboxylic acids is 1. The number of phenolic OH excluding ortho intramolecular Hbond substituents is 1. The van der Waals surface area contributed by atoms with E-state index in [0.717, 1.165) is 18.1 Å².